The van der Waals surface area contributed by atoms with Crippen molar-refractivity contribution in [2.24, 2.45) is 0 Å². The van der Waals surface area contributed by atoms with Crippen LogP contribution in [0.2, 0.25) is 0 Å². The molecule has 0 radical (unpaired) electrons. The fourth-order valence-electron chi connectivity index (χ4n) is 4.18. The van der Waals surface area contributed by atoms with Gasteiger partial charge >= 0.3 is 6.18 Å². The van der Waals surface area contributed by atoms with E-state index in [0.717, 1.165) is 45.0 Å². The molecule has 2 aliphatic heterocycles. The average molecular weight is 452 g/mol. The van der Waals surface area contributed by atoms with Gasteiger partial charge in [-0.05, 0) is 26.7 Å². The number of nitrogens with two attached hydrogens (primary N) is 1. The molecule has 0 saturated carbocycles. The highest BCUT2D eigenvalue weighted by molar-refractivity contribution is 5.62. The zero-order valence-electron chi connectivity index (χ0n) is 18.1. The SMILES string of the molecule is C[C@@H]1COC[C@H](C)N1c1nc(-c2cnc(N)nc2C(F)(F)F)nc(N2CCCCCC2)n1. The molecule has 4 rings (SSSR count). The minimum atomic E-state index is -4.73. The largest absolute Gasteiger partial charge is 0.434 e. The Labute approximate surface area is 184 Å². The lowest BCUT2D eigenvalue weighted by atomic mass is 10.2. The van der Waals surface area contributed by atoms with Crippen LogP contribution in [-0.2, 0) is 10.9 Å². The first-order valence-electron chi connectivity index (χ1n) is 10.8. The Morgan fingerprint density at radius 3 is 2.19 bits per heavy atom. The van der Waals surface area contributed by atoms with E-state index in [1.807, 2.05) is 23.6 Å². The Bertz CT molecular complexity index is 939. The lowest BCUT2D eigenvalue weighted by Crippen LogP contribution is -2.50. The molecule has 2 fully saturated rings. The summed E-state index contributed by atoms with van der Waals surface area (Å²) in [5, 5.41) is 0. The topological polar surface area (TPSA) is 106 Å². The summed E-state index contributed by atoms with van der Waals surface area (Å²) in [7, 11) is 0. The van der Waals surface area contributed by atoms with Crippen molar-refractivity contribution < 1.29 is 17.9 Å². The Hall–Kier alpha value is -2.76. The predicted molar refractivity (Wildman–Crippen MR) is 113 cm³/mol. The van der Waals surface area contributed by atoms with Crippen LogP contribution < -0.4 is 15.5 Å². The zero-order valence-corrected chi connectivity index (χ0v) is 18.1. The van der Waals surface area contributed by atoms with Gasteiger partial charge in [0, 0.05) is 19.3 Å². The zero-order chi connectivity index (χ0) is 22.9. The quantitative estimate of drug-likeness (QED) is 0.752. The smallest absolute Gasteiger partial charge is 0.377 e. The van der Waals surface area contributed by atoms with Crippen molar-refractivity contribution in [1.82, 2.24) is 24.9 Å². The molecule has 2 saturated heterocycles. The summed E-state index contributed by atoms with van der Waals surface area (Å²) in [4.78, 5) is 24.8. The molecule has 2 N–H and O–H groups in total. The van der Waals surface area contributed by atoms with Crippen molar-refractivity contribution in [3.63, 3.8) is 0 Å². The maximum Gasteiger partial charge on any atom is 0.434 e. The van der Waals surface area contributed by atoms with Gasteiger partial charge in [-0.2, -0.15) is 28.1 Å². The summed E-state index contributed by atoms with van der Waals surface area (Å²) in [6, 6.07) is -0.0912. The molecule has 0 bridgehead atoms. The molecule has 12 heteroatoms. The number of nitrogens with zero attached hydrogens (tertiary/aromatic N) is 7. The van der Waals surface area contributed by atoms with E-state index >= 15 is 0 Å². The van der Waals surface area contributed by atoms with Gasteiger partial charge in [-0.1, -0.05) is 12.8 Å². The highest BCUT2D eigenvalue weighted by atomic mass is 19.4. The lowest BCUT2D eigenvalue weighted by Gasteiger charge is -2.39. The highest BCUT2D eigenvalue weighted by Crippen LogP contribution is 2.36. The third-order valence-electron chi connectivity index (χ3n) is 5.72. The second-order valence-electron chi connectivity index (χ2n) is 8.29. The average Bonchev–Trinajstić information content (AvgIpc) is 3.02. The molecule has 0 aromatic carbocycles. The number of ether oxygens (including phenoxy) is 1. The minimum Gasteiger partial charge on any atom is -0.377 e. The number of morpholine rings is 1. The third kappa shape index (κ3) is 4.69. The summed E-state index contributed by atoms with van der Waals surface area (Å²) in [5.41, 5.74) is 3.96. The number of nitrogen functional groups attached to an aromatic ring is 1. The van der Waals surface area contributed by atoms with E-state index in [-0.39, 0.29) is 23.5 Å². The highest BCUT2D eigenvalue weighted by Gasteiger charge is 2.38. The van der Waals surface area contributed by atoms with Gasteiger partial charge in [0.1, 0.15) is 0 Å². The van der Waals surface area contributed by atoms with Crippen LogP contribution in [0.25, 0.3) is 11.4 Å². The van der Waals surface area contributed by atoms with E-state index < -0.39 is 17.8 Å². The number of anilines is 3. The number of hydrogen-bond donors (Lipinski definition) is 1. The summed E-state index contributed by atoms with van der Waals surface area (Å²) in [6.45, 7) is 6.37. The van der Waals surface area contributed by atoms with Gasteiger partial charge in [-0.3, -0.25) is 0 Å². The monoisotopic (exact) mass is 452 g/mol. The standard InChI is InChI=1S/C20H27F3N8O/c1-12-10-32-11-13(2)31(12)19-28-16(14-9-25-17(24)26-15(14)20(21,22)23)27-18(29-19)30-7-5-3-4-6-8-30/h9,12-13H,3-8,10-11H2,1-2H3,(H2,24,25,26)/t12-,13+. The van der Waals surface area contributed by atoms with Crippen molar-refractivity contribution in [2.45, 2.75) is 57.8 Å². The van der Waals surface area contributed by atoms with Crippen LogP contribution in [0.3, 0.4) is 0 Å². The summed E-state index contributed by atoms with van der Waals surface area (Å²) < 4.78 is 46.8. The molecule has 32 heavy (non-hydrogen) atoms. The summed E-state index contributed by atoms with van der Waals surface area (Å²) in [6.07, 6.45) is 0.439. The van der Waals surface area contributed by atoms with E-state index in [1.165, 1.54) is 0 Å². The number of rotatable bonds is 3. The molecule has 2 aromatic heterocycles. The Morgan fingerprint density at radius 2 is 1.56 bits per heavy atom. The second kappa shape index (κ2) is 9.00. The molecule has 0 aliphatic carbocycles. The first-order valence-corrected chi connectivity index (χ1v) is 10.8. The van der Waals surface area contributed by atoms with E-state index in [1.54, 1.807) is 0 Å². The van der Waals surface area contributed by atoms with E-state index in [4.69, 9.17) is 10.5 Å². The Balaban J connectivity index is 1.86. The third-order valence-corrected chi connectivity index (χ3v) is 5.72. The first-order chi connectivity index (χ1) is 15.2. The summed E-state index contributed by atoms with van der Waals surface area (Å²) >= 11 is 0. The molecule has 9 nitrogen and oxygen atoms in total. The summed E-state index contributed by atoms with van der Waals surface area (Å²) in [5.74, 6) is 0.108. The normalized spacial score (nSPS) is 22.7. The number of halogens is 3. The van der Waals surface area contributed by atoms with Crippen LogP contribution in [0.4, 0.5) is 31.0 Å². The van der Waals surface area contributed by atoms with Gasteiger partial charge < -0.3 is 20.3 Å². The van der Waals surface area contributed by atoms with Crippen molar-refractivity contribution in [1.29, 1.82) is 0 Å². The lowest BCUT2D eigenvalue weighted by molar-refractivity contribution is -0.140. The van der Waals surface area contributed by atoms with Gasteiger partial charge in [-0.15, -0.1) is 0 Å². The molecule has 2 atom stereocenters. The molecule has 2 aliphatic rings. The molecular formula is C20H27F3N8O. The number of alkyl halides is 3. The van der Waals surface area contributed by atoms with Crippen LogP contribution in [0.5, 0.6) is 0 Å². The number of hydrogen-bond acceptors (Lipinski definition) is 9. The molecule has 0 unspecified atom stereocenters. The van der Waals surface area contributed by atoms with Gasteiger partial charge in [-0.25, -0.2) is 9.97 Å². The molecule has 0 amide bonds. The van der Waals surface area contributed by atoms with Crippen LogP contribution >= 0.6 is 0 Å². The molecular weight excluding hydrogens is 425 g/mol. The van der Waals surface area contributed by atoms with Gasteiger partial charge in [0.15, 0.2) is 11.5 Å². The molecule has 4 heterocycles. The van der Waals surface area contributed by atoms with Gasteiger partial charge in [0.2, 0.25) is 17.8 Å². The van der Waals surface area contributed by atoms with Crippen LogP contribution in [0, 0.1) is 0 Å². The molecule has 2 aromatic rings. The van der Waals surface area contributed by atoms with Crippen molar-refractivity contribution in [2.75, 3.05) is 41.8 Å². The Kier molecular flexibility index (Phi) is 6.31. The Morgan fingerprint density at radius 1 is 0.938 bits per heavy atom. The van der Waals surface area contributed by atoms with Gasteiger partial charge in [0.25, 0.3) is 0 Å². The maximum absolute atomic E-state index is 13.7. The van der Waals surface area contributed by atoms with E-state index in [0.29, 0.717) is 25.1 Å². The fraction of sp³-hybridized carbons (Fsp3) is 0.650. The van der Waals surface area contributed by atoms with Gasteiger partial charge in [0.05, 0.1) is 30.9 Å². The van der Waals surface area contributed by atoms with Crippen LogP contribution in [-0.4, -0.2) is 63.3 Å². The number of aromatic nitrogens is 5. The molecule has 0 spiro atoms. The van der Waals surface area contributed by atoms with Crippen molar-refractivity contribution in [3.8, 4) is 11.4 Å². The van der Waals surface area contributed by atoms with Crippen molar-refractivity contribution in [3.05, 3.63) is 11.9 Å². The first kappa shape index (κ1) is 22.4. The van der Waals surface area contributed by atoms with E-state index in [2.05, 4.69) is 24.9 Å². The van der Waals surface area contributed by atoms with E-state index in [9.17, 15) is 13.2 Å². The molecule has 174 valence electrons. The second-order valence-corrected chi connectivity index (χ2v) is 8.29. The van der Waals surface area contributed by atoms with Crippen molar-refractivity contribution >= 4 is 17.8 Å². The minimum absolute atomic E-state index is 0.0456. The predicted octanol–water partition coefficient (Wildman–Crippen LogP) is 2.92. The van der Waals surface area contributed by atoms with Crippen LogP contribution in [0.1, 0.15) is 45.2 Å². The van der Waals surface area contributed by atoms with Crippen LogP contribution in [0.15, 0.2) is 6.20 Å². The fourth-order valence-corrected chi connectivity index (χ4v) is 4.18. The maximum atomic E-state index is 13.7.